The fourth-order valence-electron chi connectivity index (χ4n) is 2.03. The van der Waals surface area contributed by atoms with Gasteiger partial charge in [-0.1, -0.05) is 24.3 Å². The van der Waals surface area contributed by atoms with Gasteiger partial charge in [-0.25, -0.2) is 4.98 Å². The van der Waals surface area contributed by atoms with Crippen LogP contribution in [0.5, 0.6) is 0 Å². The van der Waals surface area contributed by atoms with E-state index < -0.39 is 0 Å². The number of pyridine rings is 1. The van der Waals surface area contributed by atoms with E-state index >= 15 is 0 Å². The van der Waals surface area contributed by atoms with Crippen LogP contribution < -0.4 is 5.32 Å². The van der Waals surface area contributed by atoms with Gasteiger partial charge in [-0.05, 0) is 11.5 Å². The molecule has 0 saturated heterocycles. The van der Waals surface area contributed by atoms with E-state index in [2.05, 4.69) is 25.5 Å². The number of benzene rings is 1. The first-order chi connectivity index (χ1) is 9.84. The van der Waals surface area contributed by atoms with Crippen LogP contribution in [0.15, 0.2) is 42.9 Å². The van der Waals surface area contributed by atoms with Gasteiger partial charge in [0.25, 0.3) is 5.91 Å². The Labute approximate surface area is 115 Å². The van der Waals surface area contributed by atoms with E-state index in [4.69, 9.17) is 0 Å². The summed E-state index contributed by atoms with van der Waals surface area (Å²) in [4.78, 5) is 20.3. The lowest BCUT2D eigenvalue weighted by atomic mass is 10.1. The van der Waals surface area contributed by atoms with Crippen molar-refractivity contribution < 1.29 is 4.79 Å². The molecule has 1 amide bonds. The van der Waals surface area contributed by atoms with E-state index in [1.807, 2.05) is 30.3 Å². The quantitative estimate of drug-likeness (QED) is 0.747. The Kier molecular flexibility index (Phi) is 3.36. The molecule has 0 aliphatic heterocycles. The third-order valence-electron chi connectivity index (χ3n) is 3.00. The Morgan fingerprint density at radius 3 is 2.95 bits per heavy atom. The predicted octanol–water partition coefficient (Wildman–Crippen LogP) is 1.33. The van der Waals surface area contributed by atoms with E-state index in [9.17, 15) is 4.79 Å². The predicted molar refractivity (Wildman–Crippen MR) is 74.2 cm³/mol. The standard InChI is InChI=1S/C14H13N5O/c20-14(16-8-6-12-17-9-18-19-12)13-11-4-2-1-3-10(11)5-7-15-13/h1-5,7,9H,6,8H2,(H,16,20)(H,17,18,19). The van der Waals surface area contributed by atoms with Gasteiger partial charge in [0.1, 0.15) is 17.8 Å². The topological polar surface area (TPSA) is 83.6 Å². The zero-order valence-corrected chi connectivity index (χ0v) is 10.7. The van der Waals surface area contributed by atoms with E-state index in [0.717, 1.165) is 16.6 Å². The summed E-state index contributed by atoms with van der Waals surface area (Å²) < 4.78 is 0. The number of nitrogens with one attached hydrogen (secondary N) is 2. The third-order valence-corrected chi connectivity index (χ3v) is 3.00. The van der Waals surface area contributed by atoms with Crippen molar-refractivity contribution in [2.75, 3.05) is 6.54 Å². The van der Waals surface area contributed by atoms with Crippen LogP contribution in [0.1, 0.15) is 16.3 Å². The molecule has 2 heterocycles. The Hall–Kier alpha value is -2.76. The van der Waals surface area contributed by atoms with Gasteiger partial charge in [-0.3, -0.25) is 14.9 Å². The van der Waals surface area contributed by atoms with Crippen molar-refractivity contribution in [2.24, 2.45) is 0 Å². The van der Waals surface area contributed by atoms with E-state index in [1.54, 1.807) is 6.20 Å². The molecule has 2 aromatic heterocycles. The fourth-order valence-corrected chi connectivity index (χ4v) is 2.03. The van der Waals surface area contributed by atoms with Crippen molar-refractivity contribution >= 4 is 16.7 Å². The minimum atomic E-state index is -0.179. The van der Waals surface area contributed by atoms with Crippen molar-refractivity contribution in [3.8, 4) is 0 Å². The molecule has 0 saturated carbocycles. The molecule has 3 aromatic rings. The first kappa shape index (κ1) is 12.3. The zero-order chi connectivity index (χ0) is 13.8. The van der Waals surface area contributed by atoms with Gasteiger partial charge in [0.15, 0.2) is 0 Å². The number of carbonyl (C=O) groups is 1. The average molecular weight is 267 g/mol. The van der Waals surface area contributed by atoms with Gasteiger partial charge in [-0.2, -0.15) is 5.10 Å². The van der Waals surface area contributed by atoms with Crippen molar-refractivity contribution in [2.45, 2.75) is 6.42 Å². The van der Waals surface area contributed by atoms with E-state index in [-0.39, 0.29) is 5.91 Å². The van der Waals surface area contributed by atoms with Crippen molar-refractivity contribution in [1.29, 1.82) is 0 Å². The molecule has 0 fully saturated rings. The van der Waals surface area contributed by atoms with Crippen LogP contribution in [0.2, 0.25) is 0 Å². The number of hydrogen-bond donors (Lipinski definition) is 2. The Bertz CT molecular complexity index is 718. The number of aromatic nitrogens is 4. The number of hydrogen-bond acceptors (Lipinski definition) is 4. The van der Waals surface area contributed by atoms with Crippen molar-refractivity contribution in [1.82, 2.24) is 25.5 Å². The Morgan fingerprint density at radius 2 is 2.10 bits per heavy atom. The lowest BCUT2D eigenvalue weighted by Gasteiger charge is -2.06. The summed E-state index contributed by atoms with van der Waals surface area (Å²) in [6, 6.07) is 9.58. The molecule has 0 aliphatic carbocycles. The second-order valence-corrected chi connectivity index (χ2v) is 4.32. The molecule has 6 nitrogen and oxygen atoms in total. The van der Waals surface area contributed by atoms with Crippen LogP contribution in [0.4, 0.5) is 0 Å². The summed E-state index contributed by atoms with van der Waals surface area (Å²) in [5.74, 6) is 0.567. The molecular weight excluding hydrogens is 254 g/mol. The Morgan fingerprint density at radius 1 is 1.20 bits per heavy atom. The van der Waals surface area contributed by atoms with Crippen LogP contribution in [-0.2, 0) is 6.42 Å². The van der Waals surface area contributed by atoms with Gasteiger partial charge >= 0.3 is 0 Å². The molecule has 0 atom stereocenters. The SMILES string of the molecule is O=C(NCCc1ncn[nH]1)c1nccc2ccccc12. The zero-order valence-electron chi connectivity index (χ0n) is 10.7. The summed E-state index contributed by atoms with van der Waals surface area (Å²) in [5, 5.41) is 11.2. The fraction of sp³-hybridized carbons (Fsp3) is 0.143. The van der Waals surface area contributed by atoms with Gasteiger partial charge in [0, 0.05) is 24.5 Å². The third kappa shape index (κ3) is 2.49. The number of amides is 1. The molecule has 0 spiro atoms. The van der Waals surface area contributed by atoms with Crippen LogP contribution in [0, 0.1) is 0 Å². The molecule has 0 bridgehead atoms. The second-order valence-electron chi connectivity index (χ2n) is 4.32. The van der Waals surface area contributed by atoms with Crippen LogP contribution in [0.3, 0.4) is 0 Å². The number of carbonyl (C=O) groups excluding carboxylic acids is 1. The highest BCUT2D eigenvalue weighted by Crippen LogP contribution is 2.15. The van der Waals surface area contributed by atoms with Crippen LogP contribution in [0.25, 0.3) is 10.8 Å². The molecule has 0 aliphatic rings. The number of aromatic amines is 1. The molecule has 0 radical (unpaired) electrons. The summed E-state index contributed by atoms with van der Waals surface area (Å²) in [7, 11) is 0. The van der Waals surface area contributed by atoms with E-state index in [0.29, 0.717) is 18.7 Å². The second kappa shape index (κ2) is 5.48. The van der Waals surface area contributed by atoms with Gasteiger partial charge in [-0.15, -0.1) is 0 Å². The maximum Gasteiger partial charge on any atom is 0.270 e. The highest BCUT2D eigenvalue weighted by Gasteiger charge is 2.10. The largest absolute Gasteiger partial charge is 0.350 e. The lowest BCUT2D eigenvalue weighted by Crippen LogP contribution is -2.27. The maximum atomic E-state index is 12.2. The molecule has 1 aromatic carbocycles. The lowest BCUT2D eigenvalue weighted by molar-refractivity contribution is 0.0951. The van der Waals surface area contributed by atoms with Gasteiger partial charge in [0.05, 0.1) is 0 Å². The van der Waals surface area contributed by atoms with Gasteiger partial charge in [0.2, 0.25) is 0 Å². The van der Waals surface area contributed by atoms with Gasteiger partial charge < -0.3 is 5.32 Å². The highest BCUT2D eigenvalue weighted by atomic mass is 16.1. The van der Waals surface area contributed by atoms with E-state index in [1.165, 1.54) is 6.33 Å². The number of H-pyrrole nitrogens is 1. The minimum absolute atomic E-state index is 0.179. The summed E-state index contributed by atoms with van der Waals surface area (Å²) >= 11 is 0. The first-order valence-electron chi connectivity index (χ1n) is 6.31. The molecule has 2 N–H and O–H groups in total. The molecule has 100 valence electrons. The first-order valence-corrected chi connectivity index (χ1v) is 6.31. The smallest absolute Gasteiger partial charge is 0.270 e. The number of nitrogens with zero attached hydrogens (tertiary/aromatic N) is 3. The Balaban J connectivity index is 1.72. The number of fused-ring (bicyclic) bond motifs is 1. The monoisotopic (exact) mass is 267 g/mol. The van der Waals surface area contributed by atoms with Crippen molar-refractivity contribution in [3.63, 3.8) is 0 Å². The van der Waals surface area contributed by atoms with Crippen LogP contribution >= 0.6 is 0 Å². The van der Waals surface area contributed by atoms with Crippen molar-refractivity contribution in [3.05, 3.63) is 54.4 Å². The summed E-state index contributed by atoms with van der Waals surface area (Å²) in [5.41, 5.74) is 0.445. The molecule has 3 rings (SSSR count). The minimum Gasteiger partial charge on any atom is -0.350 e. The maximum absolute atomic E-state index is 12.2. The highest BCUT2D eigenvalue weighted by molar-refractivity contribution is 6.05. The molecule has 6 heteroatoms. The number of rotatable bonds is 4. The summed E-state index contributed by atoms with van der Waals surface area (Å²) in [6.45, 7) is 0.485. The molecule has 20 heavy (non-hydrogen) atoms. The van der Waals surface area contributed by atoms with Crippen LogP contribution in [-0.4, -0.2) is 32.6 Å². The normalized spacial score (nSPS) is 10.6. The summed E-state index contributed by atoms with van der Waals surface area (Å²) in [6.07, 6.45) is 3.70. The molecular formula is C14H13N5O. The molecule has 0 unspecified atom stereocenters. The average Bonchev–Trinajstić information content (AvgIpc) is 3.00.